The van der Waals surface area contributed by atoms with Crippen LogP contribution in [0.1, 0.15) is 61.9 Å². The molecule has 8 nitrogen and oxygen atoms in total. The monoisotopic (exact) mass is 478 g/mol. The van der Waals surface area contributed by atoms with Crippen LogP contribution in [0.15, 0.2) is 64.2 Å². The largest absolute Gasteiger partial charge is 0.489 e. The number of carbonyl (C=O) groups is 1. The van der Waals surface area contributed by atoms with Crippen LogP contribution in [-0.4, -0.2) is 22.0 Å². The number of ether oxygens (including phenoxy) is 1. The van der Waals surface area contributed by atoms with Gasteiger partial charge in [-0.2, -0.15) is 0 Å². The van der Waals surface area contributed by atoms with E-state index in [0.717, 1.165) is 31.2 Å². The molecule has 0 bridgehead atoms. The standard InChI is InChI=1S/C27H34N4O4/c1-3-5-10-17-30(23-24(28)31(16-6-4-2)27(34)29-25(23)32)26(33)21-14-11-15-22(18-21)35-19-20-12-8-7-9-13-20/h7-9,11-15,18H,3-6,10,16-17,19,28H2,1-2H3,(H,29,32,34). The number of nitrogens with zero attached hydrogens (tertiary/aromatic N) is 2. The molecule has 0 saturated heterocycles. The van der Waals surface area contributed by atoms with Gasteiger partial charge in [-0.15, -0.1) is 0 Å². The number of carbonyl (C=O) groups excluding carboxylic acids is 1. The Morgan fingerprint density at radius 1 is 1.00 bits per heavy atom. The van der Waals surface area contributed by atoms with Crippen LogP contribution in [0.5, 0.6) is 5.75 Å². The molecule has 2 aromatic carbocycles. The molecule has 0 aliphatic rings. The molecule has 0 spiro atoms. The summed E-state index contributed by atoms with van der Waals surface area (Å²) in [6, 6.07) is 16.6. The van der Waals surface area contributed by atoms with E-state index in [-0.39, 0.29) is 17.4 Å². The Labute approximate surface area is 205 Å². The van der Waals surface area contributed by atoms with Crippen LogP contribution >= 0.6 is 0 Å². The molecule has 0 fully saturated rings. The van der Waals surface area contributed by atoms with Crippen LogP contribution in [0.25, 0.3) is 0 Å². The van der Waals surface area contributed by atoms with E-state index in [1.807, 2.05) is 37.3 Å². The van der Waals surface area contributed by atoms with Crippen molar-refractivity contribution >= 4 is 17.4 Å². The Morgan fingerprint density at radius 3 is 2.46 bits per heavy atom. The molecule has 3 aromatic rings. The van der Waals surface area contributed by atoms with E-state index in [2.05, 4.69) is 11.9 Å². The fraction of sp³-hybridized carbons (Fsp3) is 0.370. The van der Waals surface area contributed by atoms with Gasteiger partial charge in [0.2, 0.25) is 0 Å². The molecule has 3 rings (SSSR count). The molecule has 35 heavy (non-hydrogen) atoms. The smallest absolute Gasteiger partial charge is 0.330 e. The second-order valence-corrected chi connectivity index (χ2v) is 8.46. The average molecular weight is 479 g/mol. The van der Waals surface area contributed by atoms with Gasteiger partial charge in [-0.05, 0) is 36.6 Å². The van der Waals surface area contributed by atoms with Gasteiger partial charge in [0, 0.05) is 18.7 Å². The van der Waals surface area contributed by atoms with Gasteiger partial charge in [0.15, 0.2) is 5.69 Å². The summed E-state index contributed by atoms with van der Waals surface area (Å²) in [7, 11) is 0. The van der Waals surface area contributed by atoms with Gasteiger partial charge in [-0.25, -0.2) is 4.79 Å². The Kier molecular flexibility index (Phi) is 9.29. The summed E-state index contributed by atoms with van der Waals surface area (Å²) in [5.74, 6) is 0.181. The average Bonchev–Trinajstić information content (AvgIpc) is 2.87. The number of hydrogen-bond acceptors (Lipinski definition) is 5. The lowest BCUT2D eigenvalue weighted by Crippen LogP contribution is -2.41. The molecule has 186 valence electrons. The first-order valence-corrected chi connectivity index (χ1v) is 12.2. The van der Waals surface area contributed by atoms with Gasteiger partial charge in [-0.1, -0.05) is 69.5 Å². The summed E-state index contributed by atoms with van der Waals surface area (Å²) in [5, 5.41) is 0. The third kappa shape index (κ3) is 6.62. The Balaban J connectivity index is 1.94. The van der Waals surface area contributed by atoms with Crippen LogP contribution in [0.4, 0.5) is 11.5 Å². The number of amides is 1. The van der Waals surface area contributed by atoms with Crippen molar-refractivity contribution in [2.75, 3.05) is 17.2 Å². The normalized spacial score (nSPS) is 10.8. The SMILES string of the molecule is CCCCCN(C(=O)c1cccc(OCc2ccccc2)c1)c1c(N)n(CCCC)c(=O)[nH]c1=O. The van der Waals surface area contributed by atoms with Crippen LogP contribution in [0, 0.1) is 0 Å². The summed E-state index contributed by atoms with van der Waals surface area (Å²) in [4.78, 5) is 42.6. The molecule has 0 aliphatic carbocycles. The fourth-order valence-electron chi connectivity index (χ4n) is 3.83. The predicted molar refractivity (Wildman–Crippen MR) is 139 cm³/mol. The second kappa shape index (κ2) is 12.6. The van der Waals surface area contributed by atoms with Crippen LogP contribution in [-0.2, 0) is 13.2 Å². The van der Waals surface area contributed by atoms with Crippen molar-refractivity contribution in [1.29, 1.82) is 0 Å². The van der Waals surface area contributed by atoms with E-state index in [4.69, 9.17) is 10.5 Å². The molecule has 0 unspecified atom stereocenters. The van der Waals surface area contributed by atoms with E-state index in [1.165, 1.54) is 9.47 Å². The van der Waals surface area contributed by atoms with Gasteiger partial charge in [0.1, 0.15) is 18.2 Å². The zero-order valence-electron chi connectivity index (χ0n) is 20.5. The van der Waals surface area contributed by atoms with Crippen molar-refractivity contribution in [2.24, 2.45) is 0 Å². The molecule has 0 aliphatic heterocycles. The van der Waals surface area contributed by atoms with Gasteiger partial charge < -0.3 is 15.4 Å². The van der Waals surface area contributed by atoms with Crippen molar-refractivity contribution in [2.45, 2.75) is 59.1 Å². The zero-order valence-corrected chi connectivity index (χ0v) is 20.5. The lowest BCUT2D eigenvalue weighted by Gasteiger charge is -2.25. The maximum atomic E-state index is 13.7. The zero-order chi connectivity index (χ0) is 25.2. The number of benzene rings is 2. The molecule has 1 amide bonds. The van der Waals surface area contributed by atoms with Crippen molar-refractivity contribution in [3.05, 3.63) is 86.6 Å². The number of hydrogen-bond donors (Lipinski definition) is 2. The van der Waals surface area contributed by atoms with Crippen molar-refractivity contribution in [3.63, 3.8) is 0 Å². The molecular weight excluding hydrogens is 444 g/mol. The Morgan fingerprint density at radius 2 is 1.74 bits per heavy atom. The molecule has 1 heterocycles. The number of aromatic amines is 1. The van der Waals surface area contributed by atoms with E-state index >= 15 is 0 Å². The Bertz CT molecular complexity index is 1230. The minimum absolute atomic E-state index is 0.00790. The number of rotatable bonds is 12. The van der Waals surface area contributed by atoms with Crippen LogP contribution in [0.3, 0.4) is 0 Å². The summed E-state index contributed by atoms with van der Waals surface area (Å²) in [5.41, 5.74) is 6.48. The molecule has 0 radical (unpaired) electrons. The van der Waals surface area contributed by atoms with E-state index in [1.54, 1.807) is 24.3 Å². The maximum Gasteiger partial charge on any atom is 0.330 e. The molecule has 0 saturated carbocycles. The highest BCUT2D eigenvalue weighted by molar-refractivity contribution is 6.07. The highest BCUT2D eigenvalue weighted by Gasteiger charge is 2.25. The van der Waals surface area contributed by atoms with Crippen molar-refractivity contribution < 1.29 is 9.53 Å². The highest BCUT2D eigenvalue weighted by atomic mass is 16.5. The van der Waals surface area contributed by atoms with Crippen molar-refractivity contribution in [3.8, 4) is 5.75 Å². The Hall–Kier alpha value is -3.81. The predicted octanol–water partition coefficient (Wildman–Crippen LogP) is 4.33. The first-order valence-electron chi connectivity index (χ1n) is 12.2. The maximum absolute atomic E-state index is 13.7. The van der Waals surface area contributed by atoms with Gasteiger partial charge in [0.05, 0.1) is 0 Å². The highest BCUT2D eigenvalue weighted by Crippen LogP contribution is 2.23. The number of nitrogen functional groups attached to an aromatic ring is 1. The third-order valence-electron chi connectivity index (χ3n) is 5.78. The first kappa shape index (κ1) is 25.8. The second-order valence-electron chi connectivity index (χ2n) is 8.46. The molecule has 3 N–H and O–H groups in total. The molecule has 1 aromatic heterocycles. The number of nitrogens with one attached hydrogen (secondary N) is 1. The fourth-order valence-corrected chi connectivity index (χ4v) is 3.83. The van der Waals surface area contributed by atoms with E-state index in [0.29, 0.717) is 37.4 Å². The summed E-state index contributed by atoms with van der Waals surface area (Å²) < 4.78 is 7.22. The van der Waals surface area contributed by atoms with Gasteiger partial charge in [-0.3, -0.25) is 19.1 Å². The first-order chi connectivity index (χ1) is 17.0. The van der Waals surface area contributed by atoms with Crippen LogP contribution in [0.2, 0.25) is 0 Å². The minimum Gasteiger partial charge on any atom is -0.489 e. The summed E-state index contributed by atoms with van der Waals surface area (Å²) >= 11 is 0. The topological polar surface area (TPSA) is 110 Å². The molecule has 0 atom stereocenters. The molecular formula is C27H34N4O4. The molecule has 8 heteroatoms. The number of unbranched alkanes of at least 4 members (excludes halogenated alkanes) is 3. The number of nitrogens with two attached hydrogens (primary N) is 1. The van der Waals surface area contributed by atoms with Crippen LogP contribution < -0.4 is 26.6 Å². The number of anilines is 2. The third-order valence-corrected chi connectivity index (χ3v) is 5.78. The number of aromatic nitrogens is 2. The van der Waals surface area contributed by atoms with Gasteiger partial charge in [0.25, 0.3) is 11.5 Å². The summed E-state index contributed by atoms with van der Waals surface area (Å²) in [6.45, 7) is 5.10. The van der Waals surface area contributed by atoms with E-state index in [9.17, 15) is 14.4 Å². The lowest BCUT2D eigenvalue weighted by atomic mass is 10.1. The summed E-state index contributed by atoms with van der Waals surface area (Å²) in [6.07, 6.45) is 4.11. The number of H-pyrrole nitrogens is 1. The van der Waals surface area contributed by atoms with Crippen molar-refractivity contribution in [1.82, 2.24) is 9.55 Å². The minimum atomic E-state index is -0.665. The van der Waals surface area contributed by atoms with E-state index < -0.39 is 11.2 Å². The lowest BCUT2D eigenvalue weighted by molar-refractivity contribution is 0.0985. The van der Waals surface area contributed by atoms with Gasteiger partial charge >= 0.3 is 5.69 Å². The quantitative estimate of drug-likeness (QED) is 0.376.